The van der Waals surface area contributed by atoms with Crippen molar-refractivity contribution in [2.24, 2.45) is 0 Å². The zero-order valence-corrected chi connectivity index (χ0v) is 8.48. The third kappa shape index (κ3) is 2.20. The van der Waals surface area contributed by atoms with Crippen LogP contribution in [0.5, 0.6) is 0 Å². The molecule has 0 unspecified atom stereocenters. The Morgan fingerprint density at radius 1 is 1.18 bits per heavy atom. The fourth-order valence-electron chi connectivity index (χ4n) is 1.41. The fraction of sp³-hybridized carbons (Fsp3) is 0.0909. The summed E-state index contributed by atoms with van der Waals surface area (Å²) < 4.78 is 38.1. The number of nitrogens with zero attached hydrogens (tertiary/aromatic N) is 2. The highest BCUT2D eigenvalue weighted by atomic mass is 19.4. The summed E-state index contributed by atoms with van der Waals surface area (Å²) in [6, 6.07) is 8.21. The molecule has 0 radical (unpaired) electrons. The Hall–Kier alpha value is -2.11. The van der Waals surface area contributed by atoms with Gasteiger partial charge in [0.25, 0.3) is 0 Å². The first-order chi connectivity index (χ1) is 8.02. The van der Waals surface area contributed by atoms with Gasteiger partial charge in [0.2, 0.25) is 6.41 Å². The van der Waals surface area contributed by atoms with Crippen molar-refractivity contribution in [1.29, 1.82) is 0 Å². The maximum absolute atomic E-state index is 12.4. The minimum atomic E-state index is -4.56. The topological polar surface area (TPSA) is 34.9 Å². The molecule has 17 heavy (non-hydrogen) atoms. The number of aromatic nitrogens is 2. The number of carbonyl (C=O) groups excluding carboxylic acids is 1. The van der Waals surface area contributed by atoms with Gasteiger partial charge in [0, 0.05) is 11.8 Å². The second-order valence-corrected chi connectivity index (χ2v) is 3.33. The van der Waals surface area contributed by atoms with Crippen LogP contribution in [0.2, 0.25) is 0 Å². The molecule has 3 nitrogen and oxygen atoms in total. The molecule has 2 rings (SSSR count). The van der Waals surface area contributed by atoms with Gasteiger partial charge in [-0.1, -0.05) is 30.3 Å². The molecule has 1 aromatic carbocycles. The van der Waals surface area contributed by atoms with Gasteiger partial charge < -0.3 is 0 Å². The summed E-state index contributed by atoms with van der Waals surface area (Å²) in [6.45, 7) is 0. The Labute approximate surface area is 94.5 Å². The molecule has 0 N–H and O–H groups in total. The van der Waals surface area contributed by atoms with Crippen molar-refractivity contribution in [2.45, 2.75) is 6.18 Å². The first-order valence-electron chi connectivity index (χ1n) is 4.69. The molecule has 0 aliphatic rings. The molecule has 6 heteroatoms. The van der Waals surface area contributed by atoms with Gasteiger partial charge in [-0.25, -0.2) is 4.98 Å². The Morgan fingerprint density at radius 3 is 2.35 bits per heavy atom. The number of rotatable bonds is 2. The van der Waals surface area contributed by atoms with Gasteiger partial charge in [0.05, 0.1) is 0 Å². The van der Waals surface area contributed by atoms with Gasteiger partial charge in [-0.2, -0.15) is 13.2 Å². The first kappa shape index (κ1) is 11.4. The SMILES string of the molecule is O=Cn1cc(C(F)(F)F)nc1-c1ccccc1. The summed E-state index contributed by atoms with van der Waals surface area (Å²) in [7, 11) is 0. The summed E-state index contributed by atoms with van der Waals surface area (Å²) in [5.41, 5.74) is -0.626. The van der Waals surface area contributed by atoms with E-state index < -0.39 is 11.9 Å². The highest BCUT2D eigenvalue weighted by molar-refractivity contribution is 5.66. The minimum absolute atomic E-state index is 0.0204. The molecular formula is C11H7F3N2O. The van der Waals surface area contributed by atoms with E-state index in [9.17, 15) is 18.0 Å². The molecule has 0 aliphatic carbocycles. The summed E-state index contributed by atoms with van der Waals surface area (Å²) >= 11 is 0. The van der Waals surface area contributed by atoms with E-state index in [2.05, 4.69) is 4.98 Å². The van der Waals surface area contributed by atoms with Crippen molar-refractivity contribution in [1.82, 2.24) is 9.55 Å². The molecular weight excluding hydrogens is 233 g/mol. The minimum Gasteiger partial charge on any atom is -0.278 e. The second kappa shape index (κ2) is 4.04. The average molecular weight is 240 g/mol. The lowest BCUT2D eigenvalue weighted by molar-refractivity contribution is -0.140. The van der Waals surface area contributed by atoms with Gasteiger partial charge >= 0.3 is 6.18 Å². The third-order valence-corrected chi connectivity index (χ3v) is 2.17. The van der Waals surface area contributed by atoms with Crippen LogP contribution in [0.3, 0.4) is 0 Å². The van der Waals surface area contributed by atoms with Crippen LogP contribution in [0.4, 0.5) is 13.2 Å². The molecule has 1 aromatic heterocycles. The van der Waals surface area contributed by atoms with E-state index in [1.54, 1.807) is 30.3 Å². The van der Waals surface area contributed by atoms with Crippen molar-refractivity contribution >= 4 is 6.41 Å². The summed E-state index contributed by atoms with van der Waals surface area (Å²) in [5.74, 6) is -0.0204. The average Bonchev–Trinajstić information content (AvgIpc) is 2.73. The van der Waals surface area contributed by atoms with E-state index in [0.717, 1.165) is 4.57 Å². The van der Waals surface area contributed by atoms with Crippen molar-refractivity contribution < 1.29 is 18.0 Å². The van der Waals surface area contributed by atoms with E-state index in [1.807, 2.05) is 0 Å². The van der Waals surface area contributed by atoms with Crippen molar-refractivity contribution in [2.75, 3.05) is 0 Å². The van der Waals surface area contributed by atoms with Crippen LogP contribution in [0.25, 0.3) is 11.4 Å². The summed E-state index contributed by atoms with van der Waals surface area (Å²) in [4.78, 5) is 14.1. The Bertz CT molecular complexity index is 531. The first-order valence-corrected chi connectivity index (χ1v) is 4.69. The second-order valence-electron chi connectivity index (χ2n) is 3.33. The molecule has 88 valence electrons. The van der Waals surface area contributed by atoms with Crippen molar-refractivity contribution in [3.8, 4) is 11.4 Å². The predicted molar refractivity (Wildman–Crippen MR) is 54.8 cm³/mol. The van der Waals surface area contributed by atoms with Crippen LogP contribution < -0.4 is 0 Å². The zero-order chi connectivity index (χ0) is 12.5. The third-order valence-electron chi connectivity index (χ3n) is 2.17. The van der Waals surface area contributed by atoms with Crippen LogP contribution in [0.15, 0.2) is 36.5 Å². The van der Waals surface area contributed by atoms with E-state index in [-0.39, 0.29) is 5.82 Å². The maximum atomic E-state index is 12.4. The number of hydrogen-bond donors (Lipinski definition) is 0. The zero-order valence-electron chi connectivity index (χ0n) is 8.48. The van der Waals surface area contributed by atoms with Gasteiger partial charge in [-0.3, -0.25) is 9.36 Å². The van der Waals surface area contributed by atoms with Gasteiger partial charge in [0.1, 0.15) is 5.82 Å². The Morgan fingerprint density at radius 2 is 1.82 bits per heavy atom. The molecule has 0 spiro atoms. The van der Waals surface area contributed by atoms with E-state index in [4.69, 9.17) is 0 Å². The quantitative estimate of drug-likeness (QED) is 0.756. The molecule has 0 saturated heterocycles. The Kier molecular flexibility index (Phi) is 2.71. The number of alkyl halides is 3. The highest BCUT2D eigenvalue weighted by Crippen LogP contribution is 2.30. The molecule has 0 aliphatic heterocycles. The molecule has 0 bridgehead atoms. The lowest BCUT2D eigenvalue weighted by Gasteiger charge is -1.99. The van der Waals surface area contributed by atoms with Crippen LogP contribution in [-0.2, 0) is 11.0 Å². The largest absolute Gasteiger partial charge is 0.434 e. The Balaban J connectivity index is 2.55. The normalized spacial score (nSPS) is 11.5. The number of imidazole rings is 1. The van der Waals surface area contributed by atoms with Crippen molar-refractivity contribution in [3.63, 3.8) is 0 Å². The van der Waals surface area contributed by atoms with E-state index >= 15 is 0 Å². The monoisotopic (exact) mass is 240 g/mol. The molecule has 0 fully saturated rings. The van der Waals surface area contributed by atoms with Gasteiger partial charge in [-0.15, -0.1) is 0 Å². The number of carbonyl (C=O) groups is 1. The van der Waals surface area contributed by atoms with E-state index in [1.165, 1.54) is 0 Å². The van der Waals surface area contributed by atoms with Gasteiger partial charge in [-0.05, 0) is 0 Å². The van der Waals surface area contributed by atoms with Crippen molar-refractivity contribution in [3.05, 3.63) is 42.2 Å². The molecule has 0 amide bonds. The standard InChI is InChI=1S/C11H7F3N2O/c12-11(13,14)9-6-16(7-17)10(15-9)8-4-2-1-3-5-8/h1-7H. The summed E-state index contributed by atoms with van der Waals surface area (Å²) in [6.07, 6.45) is -3.59. The molecule has 0 saturated carbocycles. The smallest absolute Gasteiger partial charge is 0.278 e. The van der Waals surface area contributed by atoms with E-state index in [0.29, 0.717) is 18.2 Å². The van der Waals surface area contributed by atoms with Crippen LogP contribution in [-0.4, -0.2) is 16.0 Å². The number of halogens is 3. The van der Waals surface area contributed by atoms with Gasteiger partial charge in [0.15, 0.2) is 5.69 Å². The van der Waals surface area contributed by atoms with Crippen LogP contribution in [0, 0.1) is 0 Å². The number of benzene rings is 1. The molecule has 2 aromatic rings. The molecule has 0 atom stereocenters. The van der Waals surface area contributed by atoms with Crippen LogP contribution in [0.1, 0.15) is 5.69 Å². The summed E-state index contributed by atoms with van der Waals surface area (Å²) in [5, 5.41) is 0. The maximum Gasteiger partial charge on any atom is 0.434 e. The van der Waals surface area contributed by atoms with Crippen LogP contribution >= 0.6 is 0 Å². The molecule has 1 heterocycles. The fourth-order valence-corrected chi connectivity index (χ4v) is 1.41. The highest BCUT2D eigenvalue weighted by Gasteiger charge is 2.34. The predicted octanol–water partition coefficient (Wildman–Crippen LogP) is 2.61. The lowest BCUT2D eigenvalue weighted by atomic mass is 10.2. The number of hydrogen-bond acceptors (Lipinski definition) is 2. The lowest BCUT2D eigenvalue weighted by Crippen LogP contribution is -2.05.